The molecule has 0 radical (unpaired) electrons. The fourth-order valence-electron chi connectivity index (χ4n) is 2.17. The van der Waals surface area contributed by atoms with E-state index in [-0.39, 0.29) is 11.4 Å². The van der Waals surface area contributed by atoms with Crippen LogP contribution in [-0.4, -0.2) is 5.97 Å². The summed E-state index contributed by atoms with van der Waals surface area (Å²) in [5, 5.41) is 0. The summed E-state index contributed by atoms with van der Waals surface area (Å²) >= 11 is 0. The molecule has 0 aliphatic carbocycles. The van der Waals surface area contributed by atoms with Gasteiger partial charge in [-0.1, -0.05) is 65.0 Å². The van der Waals surface area contributed by atoms with Gasteiger partial charge < -0.3 is 4.74 Å². The van der Waals surface area contributed by atoms with Gasteiger partial charge >= 0.3 is 5.97 Å². The predicted octanol–water partition coefficient (Wildman–Crippen LogP) is 5.22. The van der Waals surface area contributed by atoms with Crippen molar-refractivity contribution in [3.63, 3.8) is 0 Å². The fraction of sp³-hybridized carbons (Fsp3) is 0.611. The van der Waals surface area contributed by atoms with Crippen molar-refractivity contribution in [2.75, 3.05) is 0 Å². The normalized spacial score (nSPS) is 13.2. The van der Waals surface area contributed by atoms with Crippen molar-refractivity contribution in [1.82, 2.24) is 0 Å². The monoisotopic (exact) mass is 278 g/mol. The number of benzene rings is 1. The van der Waals surface area contributed by atoms with Gasteiger partial charge in [-0.3, -0.25) is 4.79 Å². The van der Waals surface area contributed by atoms with Crippen LogP contribution in [0.1, 0.15) is 59.9 Å². The van der Waals surface area contributed by atoms with Crippen molar-refractivity contribution in [2.24, 2.45) is 11.3 Å². The standard InChI is InChI=1S/C16H24O2.C2H6/c1-5-16(4,11-13(2)3)15(17)18-12-14-9-7-6-8-10-14;1-2/h6-10,13H,5,11-12H2,1-4H3;1-2H3. The smallest absolute Gasteiger partial charge is 0.312 e. The van der Waals surface area contributed by atoms with Gasteiger partial charge in [0.2, 0.25) is 0 Å². The van der Waals surface area contributed by atoms with Crippen LogP contribution in [0.5, 0.6) is 0 Å². The van der Waals surface area contributed by atoms with Gasteiger partial charge in [0.25, 0.3) is 0 Å². The Morgan fingerprint density at radius 1 is 1.20 bits per heavy atom. The highest BCUT2D eigenvalue weighted by atomic mass is 16.5. The van der Waals surface area contributed by atoms with Crippen molar-refractivity contribution in [2.45, 2.75) is 61.0 Å². The molecule has 1 atom stereocenters. The third-order valence-electron chi connectivity index (χ3n) is 3.34. The Hall–Kier alpha value is -1.31. The number of esters is 1. The van der Waals surface area contributed by atoms with Crippen LogP contribution in [0.25, 0.3) is 0 Å². The lowest BCUT2D eigenvalue weighted by Gasteiger charge is -2.27. The van der Waals surface area contributed by atoms with E-state index < -0.39 is 0 Å². The second kappa shape index (κ2) is 9.57. The maximum Gasteiger partial charge on any atom is 0.312 e. The predicted molar refractivity (Wildman–Crippen MR) is 85.4 cm³/mol. The topological polar surface area (TPSA) is 26.3 Å². The van der Waals surface area contributed by atoms with E-state index >= 15 is 0 Å². The summed E-state index contributed by atoms with van der Waals surface area (Å²) in [5.74, 6) is 0.418. The number of ether oxygens (including phenoxy) is 1. The van der Waals surface area contributed by atoms with E-state index in [1.54, 1.807) is 0 Å². The molecule has 0 fully saturated rings. The zero-order valence-electron chi connectivity index (χ0n) is 13.9. The highest BCUT2D eigenvalue weighted by Crippen LogP contribution is 2.31. The minimum Gasteiger partial charge on any atom is -0.460 e. The highest BCUT2D eigenvalue weighted by molar-refractivity contribution is 5.76. The molecule has 1 unspecified atom stereocenters. The maximum atomic E-state index is 12.2. The number of carbonyl (C=O) groups excluding carboxylic acids is 1. The molecular formula is C18H30O2. The molecule has 1 aromatic rings. The number of hydrogen-bond acceptors (Lipinski definition) is 2. The van der Waals surface area contributed by atoms with E-state index in [1.807, 2.05) is 58.0 Å². The van der Waals surface area contributed by atoms with Crippen molar-refractivity contribution >= 4 is 5.97 Å². The first-order valence-corrected chi connectivity index (χ1v) is 7.69. The zero-order valence-corrected chi connectivity index (χ0v) is 13.9. The van der Waals surface area contributed by atoms with Crippen molar-refractivity contribution in [3.8, 4) is 0 Å². The summed E-state index contributed by atoms with van der Waals surface area (Å²) < 4.78 is 5.45. The molecule has 2 heteroatoms. The van der Waals surface area contributed by atoms with Crippen LogP contribution in [0.2, 0.25) is 0 Å². The van der Waals surface area contributed by atoms with Gasteiger partial charge in [-0.15, -0.1) is 0 Å². The molecule has 0 saturated heterocycles. The molecule has 0 aromatic heterocycles. The molecule has 1 rings (SSSR count). The molecule has 0 saturated carbocycles. The van der Waals surface area contributed by atoms with Crippen molar-refractivity contribution in [3.05, 3.63) is 35.9 Å². The summed E-state index contributed by atoms with van der Waals surface area (Å²) in [7, 11) is 0. The molecule has 20 heavy (non-hydrogen) atoms. The van der Waals surface area contributed by atoms with Crippen molar-refractivity contribution < 1.29 is 9.53 Å². The Kier molecular flexibility index (Phi) is 8.94. The zero-order chi connectivity index (χ0) is 15.6. The Morgan fingerprint density at radius 3 is 2.20 bits per heavy atom. The van der Waals surface area contributed by atoms with Gasteiger partial charge in [0.05, 0.1) is 5.41 Å². The summed E-state index contributed by atoms with van der Waals surface area (Å²) in [6, 6.07) is 9.81. The molecule has 114 valence electrons. The van der Waals surface area contributed by atoms with Crippen LogP contribution in [-0.2, 0) is 16.1 Å². The SMILES string of the molecule is CC.CCC(C)(CC(C)C)C(=O)OCc1ccccc1. The van der Waals surface area contributed by atoms with E-state index in [4.69, 9.17) is 4.74 Å². The highest BCUT2D eigenvalue weighted by Gasteiger charge is 2.33. The first kappa shape index (κ1) is 18.7. The number of carbonyl (C=O) groups is 1. The third-order valence-corrected chi connectivity index (χ3v) is 3.34. The lowest BCUT2D eigenvalue weighted by atomic mass is 9.80. The van der Waals surface area contributed by atoms with Gasteiger partial charge in [-0.05, 0) is 31.2 Å². The van der Waals surface area contributed by atoms with E-state index in [2.05, 4.69) is 13.8 Å². The van der Waals surface area contributed by atoms with Crippen LogP contribution >= 0.6 is 0 Å². The van der Waals surface area contributed by atoms with Gasteiger partial charge in [-0.25, -0.2) is 0 Å². The largest absolute Gasteiger partial charge is 0.460 e. The van der Waals surface area contributed by atoms with E-state index in [0.29, 0.717) is 12.5 Å². The molecular weight excluding hydrogens is 248 g/mol. The first-order chi connectivity index (χ1) is 9.48. The van der Waals surface area contributed by atoms with Crippen molar-refractivity contribution in [1.29, 1.82) is 0 Å². The Morgan fingerprint density at radius 2 is 1.75 bits per heavy atom. The molecule has 1 aromatic carbocycles. The van der Waals surface area contributed by atoms with Crippen LogP contribution in [0.4, 0.5) is 0 Å². The second-order valence-corrected chi connectivity index (χ2v) is 5.57. The Bertz CT molecular complexity index is 370. The molecule has 2 nitrogen and oxygen atoms in total. The molecule has 0 N–H and O–H groups in total. The average molecular weight is 278 g/mol. The molecule has 0 aliphatic rings. The molecule has 0 heterocycles. The van der Waals surface area contributed by atoms with Crippen LogP contribution in [0, 0.1) is 11.3 Å². The molecule has 0 amide bonds. The molecule has 0 spiro atoms. The maximum absolute atomic E-state index is 12.2. The Balaban J connectivity index is 0.00000172. The van der Waals surface area contributed by atoms with Gasteiger partial charge in [0, 0.05) is 0 Å². The lowest BCUT2D eigenvalue weighted by Crippen LogP contribution is -2.30. The first-order valence-electron chi connectivity index (χ1n) is 7.69. The summed E-state index contributed by atoms with van der Waals surface area (Å²) in [6.45, 7) is 12.7. The number of hydrogen-bond donors (Lipinski definition) is 0. The lowest BCUT2D eigenvalue weighted by molar-refractivity contribution is -0.157. The summed E-state index contributed by atoms with van der Waals surface area (Å²) in [6.07, 6.45) is 1.69. The summed E-state index contributed by atoms with van der Waals surface area (Å²) in [5.41, 5.74) is 0.678. The van der Waals surface area contributed by atoms with E-state index in [9.17, 15) is 4.79 Å². The fourth-order valence-corrected chi connectivity index (χ4v) is 2.17. The van der Waals surface area contributed by atoms with Crippen LogP contribution < -0.4 is 0 Å². The van der Waals surface area contributed by atoms with Crippen LogP contribution in [0.3, 0.4) is 0 Å². The minimum absolute atomic E-state index is 0.0810. The average Bonchev–Trinajstić information content (AvgIpc) is 2.47. The third kappa shape index (κ3) is 6.23. The van der Waals surface area contributed by atoms with Crippen LogP contribution in [0.15, 0.2) is 30.3 Å². The minimum atomic E-state index is -0.358. The van der Waals surface area contributed by atoms with E-state index in [0.717, 1.165) is 18.4 Å². The van der Waals surface area contributed by atoms with E-state index in [1.165, 1.54) is 0 Å². The molecule has 0 aliphatic heterocycles. The Labute approximate surface area is 124 Å². The quantitative estimate of drug-likeness (QED) is 0.667. The number of rotatable bonds is 6. The van der Waals surface area contributed by atoms with Gasteiger partial charge in [-0.2, -0.15) is 0 Å². The molecule has 0 bridgehead atoms. The second-order valence-electron chi connectivity index (χ2n) is 5.57. The van der Waals surface area contributed by atoms with Gasteiger partial charge in [0.15, 0.2) is 0 Å². The van der Waals surface area contributed by atoms with Gasteiger partial charge in [0.1, 0.15) is 6.61 Å². The summed E-state index contributed by atoms with van der Waals surface area (Å²) in [4.78, 5) is 12.2.